The van der Waals surface area contributed by atoms with E-state index in [4.69, 9.17) is 0 Å². The summed E-state index contributed by atoms with van der Waals surface area (Å²) in [4.78, 5) is 8.77. The molecule has 11 heavy (non-hydrogen) atoms. The van der Waals surface area contributed by atoms with Gasteiger partial charge in [-0.2, -0.15) is 0 Å². The summed E-state index contributed by atoms with van der Waals surface area (Å²) in [6.07, 6.45) is 1.20. The topological polar surface area (TPSA) is 18.8 Å². The van der Waals surface area contributed by atoms with E-state index in [0.29, 0.717) is 0 Å². The molecule has 0 bridgehead atoms. The summed E-state index contributed by atoms with van der Waals surface area (Å²) in [5.41, 5.74) is 0. The van der Waals surface area contributed by atoms with Crippen molar-refractivity contribution in [2.24, 2.45) is 4.99 Å². The van der Waals surface area contributed by atoms with Crippen molar-refractivity contribution in [2.45, 2.75) is 13.3 Å². The summed E-state index contributed by atoms with van der Waals surface area (Å²) in [5.74, 6) is 1.15. The molecule has 1 rings (SSSR count). The van der Waals surface area contributed by atoms with Crippen LogP contribution in [0, 0.1) is 0 Å². The van der Waals surface area contributed by atoms with Gasteiger partial charge < -0.3 is 9.80 Å². The maximum Gasteiger partial charge on any atom is 0.196 e. The summed E-state index contributed by atoms with van der Waals surface area (Å²) in [5, 5.41) is 0. The molecule has 0 radical (unpaired) electrons. The Kier molecular flexibility index (Phi) is 2.74. The van der Waals surface area contributed by atoms with Crippen LogP contribution >= 0.6 is 0 Å². The van der Waals surface area contributed by atoms with Crippen LogP contribution in [-0.4, -0.2) is 49.5 Å². The zero-order chi connectivity index (χ0) is 8.27. The normalized spacial score (nSPS) is 21.9. The van der Waals surface area contributed by atoms with E-state index in [0.717, 1.165) is 25.6 Å². The van der Waals surface area contributed by atoms with Gasteiger partial charge in [-0.25, -0.2) is 0 Å². The minimum absolute atomic E-state index is 1.12. The lowest BCUT2D eigenvalue weighted by molar-refractivity contribution is 0.459. The maximum atomic E-state index is 4.24. The smallest absolute Gasteiger partial charge is 0.196 e. The third-order valence-electron chi connectivity index (χ3n) is 2.02. The van der Waals surface area contributed by atoms with E-state index in [1.54, 1.807) is 0 Å². The van der Waals surface area contributed by atoms with Gasteiger partial charge in [-0.1, -0.05) is 6.92 Å². The second kappa shape index (κ2) is 3.60. The zero-order valence-corrected chi connectivity index (χ0v) is 7.67. The summed E-state index contributed by atoms with van der Waals surface area (Å²) < 4.78 is 0. The van der Waals surface area contributed by atoms with Crippen LogP contribution in [-0.2, 0) is 0 Å². The SMILES string of the molecule is CCCN1CCN(C)C1=NC. The quantitative estimate of drug-likeness (QED) is 0.582. The molecule has 0 atom stereocenters. The van der Waals surface area contributed by atoms with Crippen LogP contribution in [0.3, 0.4) is 0 Å². The number of aliphatic imine (C=N–C) groups is 1. The summed E-state index contributed by atoms with van der Waals surface area (Å²) in [6, 6.07) is 0. The second-order valence-corrected chi connectivity index (χ2v) is 2.93. The Morgan fingerprint density at radius 3 is 2.73 bits per heavy atom. The van der Waals surface area contributed by atoms with Crippen molar-refractivity contribution >= 4 is 5.96 Å². The molecule has 0 unspecified atom stereocenters. The molecule has 1 saturated heterocycles. The second-order valence-electron chi connectivity index (χ2n) is 2.93. The van der Waals surface area contributed by atoms with Gasteiger partial charge in [-0.3, -0.25) is 4.99 Å². The molecule has 0 aromatic carbocycles. The summed E-state index contributed by atoms with van der Waals surface area (Å²) >= 11 is 0. The number of likely N-dealkylation sites (N-methyl/N-ethyl adjacent to an activating group) is 1. The molecule has 3 nitrogen and oxygen atoms in total. The number of nitrogens with zero attached hydrogens (tertiary/aromatic N) is 3. The zero-order valence-electron chi connectivity index (χ0n) is 7.67. The standard InChI is InChI=1S/C8H17N3/c1-4-5-11-7-6-10(3)8(11)9-2/h4-7H2,1-3H3. The van der Waals surface area contributed by atoms with Crippen LogP contribution in [0.25, 0.3) is 0 Å². The predicted molar refractivity (Wildman–Crippen MR) is 47.9 cm³/mol. The first-order chi connectivity index (χ1) is 5.29. The van der Waals surface area contributed by atoms with E-state index in [-0.39, 0.29) is 0 Å². The highest BCUT2D eigenvalue weighted by Crippen LogP contribution is 2.05. The van der Waals surface area contributed by atoms with Crippen LogP contribution in [0.1, 0.15) is 13.3 Å². The largest absolute Gasteiger partial charge is 0.344 e. The van der Waals surface area contributed by atoms with E-state index in [1.165, 1.54) is 6.42 Å². The van der Waals surface area contributed by atoms with E-state index >= 15 is 0 Å². The molecule has 0 aromatic rings. The Hall–Kier alpha value is -0.730. The third-order valence-corrected chi connectivity index (χ3v) is 2.02. The highest BCUT2D eigenvalue weighted by atomic mass is 15.4. The monoisotopic (exact) mass is 155 g/mol. The predicted octanol–water partition coefficient (Wildman–Crippen LogP) is 0.630. The Labute approximate surface area is 68.7 Å². The molecule has 0 amide bonds. The highest BCUT2D eigenvalue weighted by molar-refractivity contribution is 5.81. The lowest BCUT2D eigenvalue weighted by Crippen LogP contribution is -2.31. The van der Waals surface area contributed by atoms with Crippen molar-refractivity contribution in [3.8, 4) is 0 Å². The number of guanidine groups is 1. The molecule has 1 fully saturated rings. The fourth-order valence-corrected chi connectivity index (χ4v) is 1.51. The molecule has 0 spiro atoms. The molecule has 0 aliphatic carbocycles. The molecular formula is C8H17N3. The van der Waals surface area contributed by atoms with Crippen molar-refractivity contribution < 1.29 is 0 Å². The maximum absolute atomic E-state index is 4.24. The van der Waals surface area contributed by atoms with Gasteiger partial charge in [0.05, 0.1) is 0 Å². The van der Waals surface area contributed by atoms with Gasteiger partial charge in [-0.15, -0.1) is 0 Å². The van der Waals surface area contributed by atoms with Gasteiger partial charge in [0.25, 0.3) is 0 Å². The average Bonchev–Trinajstić information content (AvgIpc) is 2.33. The summed E-state index contributed by atoms with van der Waals surface area (Å²) in [6.45, 7) is 5.59. The molecule has 1 aliphatic rings. The van der Waals surface area contributed by atoms with E-state index < -0.39 is 0 Å². The third kappa shape index (κ3) is 1.64. The van der Waals surface area contributed by atoms with Gasteiger partial charge in [0.2, 0.25) is 0 Å². The lowest BCUT2D eigenvalue weighted by atomic mass is 10.4. The van der Waals surface area contributed by atoms with Crippen molar-refractivity contribution in [2.75, 3.05) is 33.7 Å². The molecule has 3 heteroatoms. The Morgan fingerprint density at radius 2 is 2.18 bits per heavy atom. The van der Waals surface area contributed by atoms with Gasteiger partial charge >= 0.3 is 0 Å². The number of hydrogen-bond acceptors (Lipinski definition) is 1. The molecule has 0 aromatic heterocycles. The van der Waals surface area contributed by atoms with Crippen molar-refractivity contribution in [1.29, 1.82) is 0 Å². The van der Waals surface area contributed by atoms with Crippen LogP contribution in [0.4, 0.5) is 0 Å². The van der Waals surface area contributed by atoms with Gasteiger partial charge in [0.1, 0.15) is 0 Å². The Morgan fingerprint density at radius 1 is 1.45 bits per heavy atom. The molecular weight excluding hydrogens is 138 g/mol. The number of rotatable bonds is 2. The Balaban J connectivity index is 2.55. The Bertz CT molecular complexity index is 151. The lowest BCUT2D eigenvalue weighted by Gasteiger charge is -2.18. The van der Waals surface area contributed by atoms with E-state index in [1.807, 2.05) is 7.05 Å². The first-order valence-electron chi connectivity index (χ1n) is 4.22. The van der Waals surface area contributed by atoms with E-state index in [2.05, 4.69) is 28.8 Å². The summed E-state index contributed by atoms with van der Waals surface area (Å²) in [7, 11) is 3.96. The molecule has 1 aliphatic heterocycles. The fourth-order valence-electron chi connectivity index (χ4n) is 1.51. The first-order valence-corrected chi connectivity index (χ1v) is 4.22. The number of hydrogen-bond donors (Lipinski definition) is 0. The van der Waals surface area contributed by atoms with Crippen LogP contribution in [0.5, 0.6) is 0 Å². The minimum atomic E-state index is 1.12. The van der Waals surface area contributed by atoms with Gasteiger partial charge in [-0.05, 0) is 6.42 Å². The van der Waals surface area contributed by atoms with Crippen molar-refractivity contribution in [3.63, 3.8) is 0 Å². The molecule has 1 heterocycles. The molecule has 0 N–H and O–H groups in total. The average molecular weight is 155 g/mol. The van der Waals surface area contributed by atoms with Crippen LogP contribution < -0.4 is 0 Å². The highest BCUT2D eigenvalue weighted by Gasteiger charge is 2.20. The van der Waals surface area contributed by atoms with Crippen LogP contribution in [0.2, 0.25) is 0 Å². The molecule has 0 saturated carbocycles. The van der Waals surface area contributed by atoms with Crippen LogP contribution in [0.15, 0.2) is 4.99 Å². The fraction of sp³-hybridized carbons (Fsp3) is 0.875. The van der Waals surface area contributed by atoms with Gasteiger partial charge in [0, 0.05) is 33.7 Å². The van der Waals surface area contributed by atoms with E-state index in [9.17, 15) is 0 Å². The van der Waals surface area contributed by atoms with Gasteiger partial charge in [0.15, 0.2) is 5.96 Å². The van der Waals surface area contributed by atoms with Crippen molar-refractivity contribution in [1.82, 2.24) is 9.80 Å². The molecule has 64 valence electrons. The van der Waals surface area contributed by atoms with Crippen molar-refractivity contribution in [3.05, 3.63) is 0 Å². The first kappa shape index (κ1) is 8.37. The minimum Gasteiger partial charge on any atom is -0.344 e.